The molecule has 2 aromatic rings. The van der Waals surface area contributed by atoms with Crippen LogP contribution in [0.15, 0.2) is 41.0 Å². The monoisotopic (exact) mass is 384 g/mol. The van der Waals surface area contributed by atoms with Crippen LogP contribution in [0.5, 0.6) is 0 Å². The summed E-state index contributed by atoms with van der Waals surface area (Å²) in [5.41, 5.74) is 0.498. The summed E-state index contributed by atoms with van der Waals surface area (Å²) in [6.07, 6.45) is 1.07. The summed E-state index contributed by atoms with van der Waals surface area (Å²) in [5, 5.41) is 3.06. The molecule has 0 aliphatic heterocycles. The summed E-state index contributed by atoms with van der Waals surface area (Å²) in [5.74, 6) is -0.826. The van der Waals surface area contributed by atoms with Crippen molar-refractivity contribution in [1.82, 2.24) is 4.98 Å². The van der Waals surface area contributed by atoms with Crippen LogP contribution in [0.4, 0.5) is 10.2 Å². The highest BCUT2D eigenvalue weighted by atomic mass is 79.9. The number of anilines is 1. The van der Waals surface area contributed by atoms with Gasteiger partial charge in [0.25, 0.3) is 0 Å². The summed E-state index contributed by atoms with van der Waals surface area (Å²) in [6, 6.07) is 7.66. The summed E-state index contributed by atoms with van der Waals surface area (Å²) in [6.45, 7) is 0. The number of aromatic nitrogens is 1. The Bertz CT molecular complexity index is 707. The normalized spacial score (nSPS) is 10.3. The Morgan fingerprint density at radius 3 is 2.55 bits per heavy atom. The molecule has 7 heteroatoms. The van der Waals surface area contributed by atoms with Crippen LogP contribution in [0.3, 0.4) is 0 Å². The van der Waals surface area contributed by atoms with Crippen LogP contribution in [0.25, 0.3) is 0 Å². The van der Waals surface area contributed by atoms with E-state index >= 15 is 0 Å². The number of amides is 1. The lowest BCUT2D eigenvalue weighted by atomic mass is 10.1. The maximum absolute atomic E-state index is 12.9. The first-order valence-electron chi connectivity index (χ1n) is 6.35. The maximum Gasteiger partial charge on any atom is 0.226 e. The summed E-state index contributed by atoms with van der Waals surface area (Å²) in [7, 11) is 0. The Kier molecular flexibility index (Phi) is 5.63. The summed E-state index contributed by atoms with van der Waals surface area (Å²) >= 11 is 8.85. The minimum atomic E-state index is -0.511. The van der Waals surface area contributed by atoms with Crippen LogP contribution < -0.4 is 5.32 Å². The number of nitrogens with one attached hydrogen (secondary N) is 1. The molecule has 2 rings (SSSR count). The number of carbonyl (C=O) groups excluding carboxylic acids is 2. The molecule has 0 bridgehead atoms. The van der Waals surface area contributed by atoms with Gasteiger partial charge in [-0.3, -0.25) is 9.59 Å². The minimum Gasteiger partial charge on any atom is -0.310 e. The average molecular weight is 386 g/mol. The number of nitrogens with zero attached hydrogens (tertiary/aromatic N) is 1. The van der Waals surface area contributed by atoms with Crippen LogP contribution in [-0.2, 0) is 4.79 Å². The third-order valence-corrected chi connectivity index (χ3v) is 3.67. The Balaban J connectivity index is 1.89. The second-order valence-electron chi connectivity index (χ2n) is 4.46. The molecule has 1 amide bonds. The molecular formula is C15H11BrClFN2O2. The molecule has 1 aromatic heterocycles. The van der Waals surface area contributed by atoms with Crippen molar-refractivity contribution in [1.29, 1.82) is 0 Å². The van der Waals surface area contributed by atoms with Crippen molar-refractivity contribution in [3.05, 3.63) is 57.4 Å². The van der Waals surface area contributed by atoms with Crippen molar-refractivity contribution in [3.63, 3.8) is 0 Å². The molecule has 1 aromatic carbocycles. The van der Waals surface area contributed by atoms with E-state index in [1.54, 1.807) is 24.3 Å². The second-order valence-corrected chi connectivity index (χ2v) is 5.75. The number of pyridine rings is 1. The quantitative estimate of drug-likeness (QED) is 0.783. The largest absolute Gasteiger partial charge is 0.310 e. The van der Waals surface area contributed by atoms with Gasteiger partial charge in [0.2, 0.25) is 5.91 Å². The molecule has 1 heterocycles. The van der Waals surface area contributed by atoms with Gasteiger partial charge in [0.05, 0.1) is 10.7 Å². The highest BCUT2D eigenvalue weighted by Gasteiger charge is 2.11. The lowest BCUT2D eigenvalue weighted by molar-refractivity contribution is -0.116. The predicted molar refractivity (Wildman–Crippen MR) is 85.5 cm³/mol. The number of halogens is 3. The molecule has 4 nitrogen and oxygen atoms in total. The molecule has 0 spiro atoms. The third kappa shape index (κ3) is 4.61. The van der Waals surface area contributed by atoms with Gasteiger partial charge in [0, 0.05) is 23.4 Å². The fourth-order valence-corrected chi connectivity index (χ4v) is 2.25. The highest BCUT2D eigenvalue weighted by Crippen LogP contribution is 2.20. The number of benzene rings is 1. The van der Waals surface area contributed by atoms with Crippen molar-refractivity contribution < 1.29 is 14.0 Å². The fraction of sp³-hybridized carbons (Fsp3) is 0.133. The van der Waals surface area contributed by atoms with Crippen molar-refractivity contribution in [2.24, 2.45) is 0 Å². The Hall–Kier alpha value is -1.79. The molecule has 0 aliphatic rings. The van der Waals surface area contributed by atoms with Crippen LogP contribution >= 0.6 is 27.5 Å². The van der Waals surface area contributed by atoms with E-state index in [9.17, 15) is 14.0 Å². The first-order valence-corrected chi connectivity index (χ1v) is 7.52. The van der Waals surface area contributed by atoms with Crippen LogP contribution in [0, 0.1) is 5.82 Å². The molecule has 0 saturated heterocycles. The predicted octanol–water partition coefficient (Wildman–Crippen LogP) is 4.24. The lowest BCUT2D eigenvalue weighted by Gasteiger charge is -2.06. The zero-order chi connectivity index (χ0) is 16.1. The van der Waals surface area contributed by atoms with E-state index in [1.165, 1.54) is 6.07 Å². The van der Waals surface area contributed by atoms with Crippen molar-refractivity contribution >= 4 is 45.0 Å². The molecule has 0 radical (unpaired) electrons. The van der Waals surface area contributed by atoms with Crippen molar-refractivity contribution in [3.8, 4) is 0 Å². The van der Waals surface area contributed by atoms with Gasteiger partial charge in [-0.15, -0.1) is 0 Å². The van der Waals surface area contributed by atoms with Gasteiger partial charge in [-0.25, -0.2) is 9.37 Å². The zero-order valence-corrected chi connectivity index (χ0v) is 13.6. The Morgan fingerprint density at radius 1 is 1.23 bits per heavy atom. The number of ketones is 1. The number of carbonyl (C=O) groups is 2. The SMILES string of the molecule is O=C(CCC(=O)c1ccc(Cl)cc1)Nc1ncc(F)cc1Br. The van der Waals surface area contributed by atoms with Crippen molar-refractivity contribution in [2.75, 3.05) is 5.32 Å². The van der Waals surface area contributed by atoms with Gasteiger partial charge in [-0.1, -0.05) is 11.6 Å². The van der Waals surface area contributed by atoms with Gasteiger partial charge in [0.1, 0.15) is 11.6 Å². The van der Waals surface area contributed by atoms with Gasteiger partial charge in [0.15, 0.2) is 5.78 Å². The van der Waals surface area contributed by atoms with Crippen LogP contribution in [0.2, 0.25) is 5.02 Å². The third-order valence-electron chi connectivity index (χ3n) is 2.81. The van der Waals surface area contributed by atoms with E-state index in [1.807, 2.05) is 0 Å². The smallest absolute Gasteiger partial charge is 0.226 e. The zero-order valence-electron chi connectivity index (χ0n) is 11.3. The van der Waals surface area contributed by atoms with Gasteiger partial charge < -0.3 is 5.32 Å². The number of hydrogen-bond acceptors (Lipinski definition) is 3. The highest BCUT2D eigenvalue weighted by molar-refractivity contribution is 9.10. The minimum absolute atomic E-state index is 0.00690. The van der Waals surface area contributed by atoms with E-state index in [4.69, 9.17) is 11.6 Å². The van der Waals surface area contributed by atoms with E-state index in [0.717, 1.165) is 6.20 Å². The van der Waals surface area contributed by atoms with E-state index in [0.29, 0.717) is 15.1 Å². The number of rotatable bonds is 5. The number of hydrogen-bond donors (Lipinski definition) is 1. The average Bonchev–Trinajstić information content (AvgIpc) is 2.48. The van der Waals surface area contributed by atoms with Gasteiger partial charge in [-0.2, -0.15) is 0 Å². The maximum atomic E-state index is 12.9. The molecule has 0 unspecified atom stereocenters. The fourth-order valence-electron chi connectivity index (χ4n) is 1.71. The topological polar surface area (TPSA) is 59.1 Å². The standard InChI is InChI=1S/C15H11BrClFN2O2/c16-12-7-11(18)8-19-15(12)20-14(22)6-5-13(21)9-1-3-10(17)4-2-9/h1-4,7-8H,5-6H2,(H,19,20,22). The van der Waals surface area contributed by atoms with Crippen LogP contribution in [-0.4, -0.2) is 16.7 Å². The van der Waals surface area contributed by atoms with Crippen molar-refractivity contribution in [2.45, 2.75) is 12.8 Å². The molecular weight excluding hydrogens is 375 g/mol. The molecule has 0 atom stereocenters. The molecule has 22 heavy (non-hydrogen) atoms. The lowest BCUT2D eigenvalue weighted by Crippen LogP contribution is -2.14. The first-order chi connectivity index (χ1) is 10.5. The van der Waals surface area contributed by atoms with Crippen LogP contribution in [0.1, 0.15) is 23.2 Å². The molecule has 1 N–H and O–H groups in total. The molecule has 0 aliphatic carbocycles. The number of Topliss-reactive ketones (excluding diaryl/α,β-unsaturated/α-hetero) is 1. The second kappa shape index (κ2) is 7.47. The van der Waals surface area contributed by atoms with Gasteiger partial charge in [-0.05, 0) is 46.3 Å². The summed E-state index contributed by atoms with van der Waals surface area (Å²) < 4.78 is 13.2. The summed E-state index contributed by atoms with van der Waals surface area (Å²) in [4.78, 5) is 27.5. The van der Waals surface area contributed by atoms with E-state index in [2.05, 4.69) is 26.2 Å². The van der Waals surface area contributed by atoms with E-state index < -0.39 is 5.82 Å². The Morgan fingerprint density at radius 2 is 1.91 bits per heavy atom. The van der Waals surface area contributed by atoms with E-state index in [-0.39, 0.29) is 30.3 Å². The Labute approximate surface area is 139 Å². The molecule has 0 saturated carbocycles. The first kappa shape index (κ1) is 16.6. The molecule has 114 valence electrons. The van der Waals surface area contributed by atoms with Gasteiger partial charge >= 0.3 is 0 Å². The molecule has 0 fully saturated rings.